The first-order chi connectivity index (χ1) is 14.8. The lowest BCUT2D eigenvalue weighted by molar-refractivity contribution is 0.0619. The van der Waals surface area contributed by atoms with Crippen LogP contribution in [0, 0.1) is 6.92 Å². The van der Waals surface area contributed by atoms with E-state index in [-0.39, 0.29) is 17.6 Å². The van der Waals surface area contributed by atoms with Gasteiger partial charge in [-0.1, -0.05) is 47.5 Å². The standard InChI is InChI=1S/C26H26ClNO3/c1-17-8-13-24-21(14-17)23(15-26(2,3)31-24)28-25(29)18-9-11-20(12-10-18)30-16-19-6-4-5-7-22(19)27/h4-14,23H,15-16H2,1-3H3,(H,28,29)/t23-/m0/s1. The van der Waals surface area contributed by atoms with Crippen LogP contribution in [-0.2, 0) is 6.61 Å². The Morgan fingerprint density at radius 3 is 2.61 bits per heavy atom. The largest absolute Gasteiger partial charge is 0.489 e. The second kappa shape index (κ2) is 8.64. The van der Waals surface area contributed by atoms with Crippen LogP contribution in [0.2, 0.25) is 5.02 Å². The lowest BCUT2D eigenvalue weighted by atomic mass is 9.88. The summed E-state index contributed by atoms with van der Waals surface area (Å²) in [6.07, 6.45) is 0.703. The molecule has 0 fully saturated rings. The predicted molar refractivity (Wildman–Crippen MR) is 123 cm³/mol. The maximum Gasteiger partial charge on any atom is 0.251 e. The quantitative estimate of drug-likeness (QED) is 0.514. The van der Waals surface area contributed by atoms with Crippen LogP contribution in [0.15, 0.2) is 66.7 Å². The summed E-state index contributed by atoms with van der Waals surface area (Å²) < 4.78 is 11.9. The fourth-order valence-corrected chi connectivity index (χ4v) is 4.01. The third-order valence-corrected chi connectivity index (χ3v) is 5.77. The van der Waals surface area contributed by atoms with Gasteiger partial charge in [-0.15, -0.1) is 0 Å². The maximum absolute atomic E-state index is 12.9. The van der Waals surface area contributed by atoms with Crippen molar-refractivity contribution >= 4 is 17.5 Å². The highest BCUT2D eigenvalue weighted by Crippen LogP contribution is 2.40. The zero-order chi connectivity index (χ0) is 22.0. The Hall–Kier alpha value is -2.98. The molecule has 0 spiro atoms. The molecular formula is C26H26ClNO3. The van der Waals surface area contributed by atoms with Crippen LogP contribution < -0.4 is 14.8 Å². The normalized spacial score (nSPS) is 16.7. The van der Waals surface area contributed by atoms with E-state index in [9.17, 15) is 4.79 Å². The molecule has 160 valence electrons. The SMILES string of the molecule is Cc1ccc2c(c1)[C@@H](NC(=O)c1ccc(OCc3ccccc3Cl)cc1)CC(C)(C)O2. The van der Waals surface area contributed by atoms with Crippen molar-refractivity contribution in [3.05, 3.63) is 94.0 Å². The third kappa shape index (κ3) is 5.02. The smallest absolute Gasteiger partial charge is 0.251 e. The van der Waals surface area contributed by atoms with Gasteiger partial charge in [0, 0.05) is 28.1 Å². The number of hydrogen-bond donors (Lipinski definition) is 1. The molecule has 0 radical (unpaired) electrons. The summed E-state index contributed by atoms with van der Waals surface area (Å²) in [5.74, 6) is 1.40. The topological polar surface area (TPSA) is 47.6 Å². The van der Waals surface area contributed by atoms with Crippen LogP contribution in [0.25, 0.3) is 0 Å². The molecule has 4 rings (SSSR count). The van der Waals surface area contributed by atoms with E-state index in [1.165, 1.54) is 0 Å². The second-order valence-electron chi connectivity index (χ2n) is 8.54. The van der Waals surface area contributed by atoms with Gasteiger partial charge >= 0.3 is 0 Å². The number of fused-ring (bicyclic) bond motifs is 1. The molecule has 1 amide bonds. The van der Waals surface area contributed by atoms with Gasteiger partial charge in [-0.05, 0) is 57.2 Å². The highest BCUT2D eigenvalue weighted by molar-refractivity contribution is 6.31. The van der Waals surface area contributed by atoms with Crippen molar-refractivity contribution in [1.82, 2.24) is 5.32 Å². The number of amides is 1. The number of benzene rings is 3. The average Bonchev–Trinajstić information content (AvgIpc) is 2.73. The fraction of sp³-hybridized carbons (Fsp3) is 0.269. The van der Waals surface area contributed by atoms with Gasteiger partial charge in [0.2, 0.25) is 0 Å². The molecule has 0 aliphatic carbocycles. The van der Waals surface area contributed by atoms with Gasteiger partial charge in [0.05, 0.1) is 6.04 Å². The van der Waals surface area contributed by atoms with E-state index in [2.05, 4.69) is 11.4 Å². The monoisotopic (exact) mass is 435 g/mol. The van der Waals surface area contributed by atoms with Gasteiger partial charge in [0.1, 0.15) is 23.7 Å². The number of aryl methyl sites for hydroxylation is 1. The van der Waals surface area contributed by atoms with E-state index in [0.717, 1.165) is 22.4 Å². The Morgan fingerprint density at radius 2 is 1.87 bits per heavy atom. The summed E-state index contributed by atoms with van der Waals surface area (Å²) in [6.45, 7) is 6.50. The fourth-order valence-electron chi connectivity index (χ4n) is 3.82. The average molecular weight is 436 g/mol. The first-order valence-electron chi connectivity index (χ1n) is 10.4. The molecule has 1 atom stereocenters. The summed E-state index contributed by atoms with van der Waals surface area (Å²) in [6, 6.07) is 20.7. The number of rotatable bonds is 5. The van der Waals surface area contributed by atoms with Gasteiger partial charge in [0.25, 0.3) is 5.91 Å². The minimum atomic E-state index is -0.351. The molecule has 0 saturated carbocycles. The molecule has 0 aromatic heterocycles. The zero-order valence-electron chi connectivity index (χ0n) is 17.9. The first-order valence-corrected chi connectivity index (χ1v) is 10.8. The molecule has 0 saturated heterocycles. The Balaban J connectivity index is 1.44. The molecular weight excluding hydrogens is 410 g/mol. The Morgan fingerprint density at radius 1 is 1.13 bits per heavy atom. The third-order valence-electron chi connectivity index (χ3n) is 5.40. The molecule has 0 bridgehead atoms. The highest BCUT2D eigenvalue weighted by atomic mass is 35.5. The second-order valence-corrected chi connectivity index (χ2v) is 8.94. The molecule has 4 nitrogen and oxygen atoms in total. The Labute approximate surface area is 188 Å². The zero-order valence-corrected chi connectivity index (χ0v) is 18.7. The van der Waals surface area contributed by atoms with E-state index in [0.29, 0.717) is 29.4 Å². The summed E-state index contributed by atoms with van der Waals surface area (Å²) in [5.41, 5.74) is 3.32. The maximum atomic E-state index is 12.9. The van der Waals surface area contributed by atoms with Crippen molar-refractivity contribution in [2.45, 2.75) is 45.4 Å². The van der Waals surface area contributed by atoms with Gasteiger partial charge in [-0.2, -0.15) is 0 Å². The van der Waals surface area contributed by atoms with E-state index < -0.39 is 0 Å². The number of hydrogen-bond acceptors (Lipinski definition) is 3. The molecule has 0 unspecified atom stereocenters. The van der Waals surface area contributed by atoms with Crippen LogP contribution in [0.5, 0.6) is 11.5 Å². The molecule has 1 N–H and O–H groups in total. The first kappa shape index (κ1) is 21.3. The van der Waals surface area contributed by atoms with E-state index in [4.69, 9.17) is 21.1 Å². The Kier molecular flexibility index (Phi) is 5.92. The van der Waals surface area contributed by atoms with Crippen LogP contribution in [-0.4, -0.2) is 11.5 Å². The number of carbonyl (C=O) groups is 1. The predicted octanol–water partition coefficient (Wildman–Crippen LogP) is 6.26. The number of halogens is 1. The Bertz CT molecular complexity index is 1090. The molecule has 31 heavy (non-hydrogen) atoms. The lowest BCUT2D eigenvalue weighted by Crippen LogP contribution is -2.41. The summed E-state index contributed by atoms with van der Waals surface area (Å²) in [7, 11) is 0. The summed E-state index contributed by atoms with van der Waals surface area (Å²) >= 11 is 6.17. The van der Waals surface area contributed by atoms with E-state index in [1.54, 1.807) is 24.3 Å². The number of ether oxygens (including phenoxy) is 2. The minimum absolute atomic E-state index is 0.109. The van der Waals surface area contributed by atoms with E-state index in [1.807, 2.05) is 57.2 Å². The van der Waals surface area contributed by atoms with Gasteiger partial charge in [0.15, 0.2) is 0 Å². The van der Waals surface area contributed by atoms with Crippen molar-refractivity contribution in [1.29, 1.82) is 0 Å². The van der Waals surface area contributed by atoms with Crippen LogP contribution >= 0.6 is 11.6 Å². The van der Waals surface area contributed by atoms with Gasteiger partial charge < -0.3 is 14.8 Å². The van der Waals surface area contributed by atoms with Crippen molar-refractivity contribution in [2.75, 3.05) is 0 Å². The summed E-state index contributed by atoms with van der Waals surface area (Å²) in [4.78, 5) is 12.9. The van der Waals surface area contributed by atoms with Gasteiger partial charge in [-0.25, -0.2) is 0 Å². The van der Waals surface area contributed by atoms with Crippen molar-refractivity contribution in [2.24, 2.45) is 0 Å². The van der Waals surface area contributed by atoms with E-state index >= 15 is 0 Å². The van der Waals surface area contributed by atoms with Crippen LogP contribution in [0.3, 0.4) is 0 Å². The van der Waals surface area contributed by atoms with Gasteiger partial charge in [-0.3, -0.25) is 4.79 Å². The van der Waals surface area contributed by atoms with Crippen molar-refractivity contribution in [3.63, 3.8) is 0 Å². The van der Waals surface area contributed by atoms with Crippen LogP contribution in [0.1, 0.15) is 53.4 Å². The minimum Gasteiger partial charge on any atom is -0.489 e. The van der Waals surface area contributed by atoms with Crippen molar-refractivity contribution in [3.8, 4) is 11.5 Å². The lowest BCUT2D eigenvalue weighted by Gasteiger charge is -2.38. The molecule has 3 aromatic carbocycles. The number of carbonyl (C=O) groups excluding carboxylic acids is 1. The number of nitrogens with one attached hydrogen (secondary N) is 1. The molecule has 1 heterocycles. The van der Waals surface area contributed by atoms with Crippen molar-refractivity contribution < 1.29 is 14.3 Å². The molecule has 1 aliphatic rings. The molecule has 1 aliphatic heterocycles. The van der Waals surface area contributed by atoms with Crippen LogP contribution in [0.4, 0.5) is 0 Å². The highest BCUT2D eigenvalue weighted by Gasteiger charge is 2.34. The molecule has 5 heteroatoms. The summed E-state index contributed by atoms with van der Waals surface area (Å²) in [5, 5.41) is 3.86. The molecule has 3 aromatic rings.